The number of rotatable bonds is 13. The van der Waals surface area contributed by atoms with Crippen LogP contribution in [0.3, 0.4) is 0 Å². The molecule has 10 nitrogen and oxygen atoms in total. The fourth-order valence-corrected chi connectivity index (χ4v) is 4.30. The molecule has 4 amide bonds. The normalized spacial score (nSPS) is 10.6. The number of methoxy groups -OCH3 is 1. The Balaban J connectivity index is 1.68. The number of aryl methyl sites for hydroxylation is 1. The summed E-state index contributed by atoms with van der Waals surface area (Å²) < 4.78 is 10.6. The highest BCUT2D eigenvalue weighted by Crippen LogP contribution is 2.29. The van der Waals surface area contributed by atoms with E-state index in [0.29, 0.717) is 41.6 Å². The Morgan fingerprint density at radius 1 is 0.884 bits per heavy atom. The van der Waals surface area contributed by atoms with Crippen LogP contribution in [-0.2, 0) is 25.5 Å². The van der Waals surface area contributed by atoms with Gasteiger partial charge in [-0.15, -0.1) is 0 Å². The van der Waals surface area contributed by atoms with Crippen molar-refractivity contribution < 1.29 is 28.7 Å². The lowest BCUT2D eigenvalue weighted by molar-refractivity contribution is -0.139. The third-order valence-corrected chi connectivity index (χ3v) is 6.75. The Kier molecular flexibility index (Phi) is 12.1. The number of para-hydroxylation sites is 3. The van der Waals surface area contributed by atoms with E-state index in [1.807, 2.05) is 31.2 Å². The summed E-state index contributed by atoms with van der Waals surface area (Å²) in [5.41, 5.74) is 3.42. The van der Waals surface area contributed by atoms with Crippen molar-refractivity contribution in [3.8, 4) is 5.75 Å². The van der Waals surface area contributed by atoms with Crippen LogP contribution in [0.4, 0.5) is 21.9 Å². The zero-order valence-electron chi connectivity index (χ0n) is 25.4. The molecule has 10 heteroatoms. The number of nitrogens with zero attached hydrogens (tertiary/aromatic N) is 2. The summed E-state index contributed by atoms with van der Waals surface area (Å²) in [6.07, 6.45) is 0.792. The van der Waals surface area contributed by atoms with Crippen LogP contribution in [0.1, 0.15) is 31.4 Å². The second kappa shape index (κ2) is 16.0. The first-order valence-electron chi connectivity index (χ1n) is 14.1. The summed E-state index contributed by atoms with van der Waals surface area (Å²) in [5.74, 6) is -0.257. The lowest BCUT2D eigenvalue weighted by atomic mass is 10.1. The second-order valence-electron chi connectivity index (χ2n) is 10.5. The lowest BCUT2D eigenvalue weighted by Gasteiger charge is -2.26. The molecule has 43 heavy (non-hydrogen) atoms. The number of carbonyl (C=O) groups excluding carboxylic acids is 4. The minimum absolute atomic E-state index is 0.0756. The largest absolute Gasteiger partial charge is 0.482 e. The van der Waals surface area contributed by atoms with E-state index in [0.717, 1.165) is 11.3 Å². The smallest absolute Gasteiger partial charge is 0.319 e. The summed E-state index contributed by atoms with van der Waals surface area (Å²) in [6, 6.07) is 20.9. The van der Waals surface area contributed by atoms with Crippen molar-refractivity contribution >= 4 is 40.9 Å². The third kappa shape index (κ3) is 9.88. The monoisotopic (exact) mass is 588 g/mol. The van der Waals surface area contributed by atoms with E-state index >= 15 is 0 Å². The van der Waals surface area contributed by atoms with Crippen molar-refractivity contribution in [1.82, 2.24) is 5.32 Å². The average Bonchev–Trinajstić information content (AvgIpc) is 2.99. The van der Waals surface area contributed by atoms with Gasteiger partial charge in [0.2, 0.25) is 5.91 Å². The number of hydrogen-bond donors (Lipinski definition) is 2. The SMILES string of the molecule is COC(=O)Cc1cccc(NC(=O)NCC(=O)N(CCC(C)C)c2ccccc2OCC(=O)N(C)c2ccccc2C)c1. The average molecular weight is 589 g/mol. The van der Waals surface area contributed by atoms with Crippen molar-refractivity contribution in [3.05, 3.63) is 83.9 Å². The van der Waals surface area contributed by atoms with E-state index in [4.69, 9.17) is 9.47 Å². The molecule has 0 unspecified atom stereocenters. The highest BCUT2D eigenvalue weighted by molar-refractivity contribution is 6.00. The van der Waals surface area contributed by atoms with Crippen molar-refractivity contribution in [2.24, 2.45) is 5.92 Å². The fraction of sp³-hybridized carbons (Fsp3) is 0.333. The molecule has 0 saturated heterocycles. The van der Waals surface area contributed by atoms with Gasteiger partial charge in [-0.3, -0.25) is 14.4 Å². The highest BCUT2D eigenvalue weighted by Gasteiger charge is 2.22. The van der Waals surface area contributed by atoms with Gasteiger partial charge < -0.3 is 29.9 Å². The number of esters is 1. The number of nitrogens with one attached hydrogen (secondary N) is 2. The Labute approximate surface area is 253 Å². The summed E-state index contributed by atoms with van der Waals surface area (Å²) in [5, 5.41) is 5.30. The molecule has 0 fully saturated rings. The Morgan fingerprint density at radius 3 is 2.28 bits per heavy atom. The van der Waals surface area contributed by atoms with Gasteiger partial charge in [-0.2, -0.15) is 0 Å². The van der Waals surface area contributed by atoms with E-state index in [1.54, 1.807) is 65.4 Å². The predicted molar refractivity (Wildman–Crippen MR) is 168 cm³/mol. The number of ether oxygens (including phenoxy) is 2. The molecule has 0 radical (unpaired) electrons. The van der Waals surface area contributed by atoms with Crippen LogP contribution in [-0.4, -0.2) is 57.7 Å². The Bertz CT molecular complexity index is 1420. The summed E-state index contributed by atoms with van der Waals surface area (Å²) >= 11 is 0. The van der Waals surface area contributed by atoms with Crippen molar-refractivity contribution in [2.45, 2.75) is 33.6 Å². The first kappa shape index (κ1) is 32.7. The molecule has 0 spiro atoms. The van der Waals surface area contributed by atoms with Crippen molar-refractivity contribution in [3.63, 3.8) is 0 Å². The van der Waals surface area contributed by atoms with E-state index in [9.17, 15) is 19.2 Å². The first-order valence-corrected chi connectivity index (χ1v) is 14.1. The maximum Gasteiger partial charge on any atom is 0.319 e. The van der Waals surface area contributed by atoms with Crippen LogP contribution in [0.25, 0.3) is 0 Å². The van der Waals surface area contributed by atoms with Gasteiger partial charge in [-0.1, -0.05) is 56.3 Å². The molecule has 0 heterocycles. The Hall–Kier alpha value is -4.86. The van der Waals surface area contributed by atoms with Gasteiger partial charge in [0, 0.05) is 25.0 Å². The first-order chi connectivity index (χ1) is 20.6. The number of hydrogen-bond acceptors (Lipinski definition) is 6. The van der Waals surface area contributed by atoms with Crippen molar-refractivity contribution in [1.29, 1.82) is 0 Å². The van der Waals surface area contributed by atoms with E-state index in [1.165, 1.54) is 7.11 Å². The molecular formula is C33H40N4O6. The quantitative estimate of drug-likeness (QED) is 0.273. The highest BCUT2D eigenvalue weighted by atomic mass is 16.5. The molecule has 3 aromatic rings. The van der Waals surface area contributed by atoms with Gasteiger partial charge in [-0.25, -0.2) is 4.79 Å². The molecule has 228 valence electrons. The van der Waals surface area contributed by atoms with E-state index < -0.39 is 6.03 Å². The maximum absolute atomic E-state index is 13.4. The number of likely N-dealkylation sites (N-methyl/N-ethyl adjacent to an activating group) is 1. The van der Waals surface area contributed by atoms with Crippen LogP contribution < -0.4 is 25.2 Å². The van der Waals surface area contributed by atoms with Gasteiger partial charge in [0.15, 0.2) is 6.61 Å². The van der Waals surface area contributed by atoms with E-state index in [-0.39, 0.29) is 37.4 Å². The number of anilines is 3. The zero-order valence-corrected chi connectivity index (χ0v) is 25.4. The standard InChI is InChI=1S/C33H40N4O6/c1-23(2)17-18-37(30(38)21-34-33(41)35-26-13-10-12-25(19-26)20-32(40)42-5)28-15-8-9-16-29(28)43-22-31(39)36(4)27-14-7-6-11-24(27)3/h6-16,19,23H,17-18,20-22H2,1-5H3,(H2,34,35,41). The second-order valence-corrected chi connectivity index (χ2v) is 10.5. The Morgan fingerprint density at radius 2 is 1.58 bits per heavy atom. The molecule has 3 rings (SSSR count). The van der Waals surface area contributed by atoms with Crippen LogP contribution in [0.2, 0.25) is 0 Å². The van der Waals surface area contributed by atoms with Crippen LogP contribution in [0.15, 0.2) is 72.8 Å². The summed E-state index contributed by atoms with van der Waals surface area (Å²) in [7, 11) is 3.01. The predicted octanol–water partition coefficient (Wildman–Crippen LogP) is 4.95. The summed E-state index contributed by atoms with van der Waals surface area (Å²) in [6.45, 7) is 5.96. The van der Waals surface area contributed by atoms with Gasteiger partial charge in [0.25, 0.3) is 5.91 Å². The molecule has 0 bridgehead atoms. The molecule has 0 aliphatic heterocycles. The van der Waals surface area contributed by atoms with Gasteiger partial charge >= 0.3 is 12.0 Å². The molecule has 0 atom stereocenters. The van der Waals surface area contributed by atoms with E-state index in [2.05, 4.69) is 24.5 Å². The molecule has 0 aromatic heterocycles. The van der Waals surface area contributed by atoms with Gasteiger partial charge in [0.05, 0.1) is 25.8 Å². The molecular weight excluding hydrogens is 548 g/mol. The lowest BCUT2D eigenvalue weighted by Crippen LogP contribution is -2.42. The fourth-order valence-electron chi connectivity index (χ4n) is 4.30. The van der Waals surface area contributed by atoms with Gasteiger partial charge in [-0.05, 0) is 60.7 Å². The molecule has 0 aliphatic carbocycles. The molecule has 0 aliphatic rings. The van der Waals surface area contributed by atoms with Crippen LogP contribution in [0, 0.1) is 12.8 Å². The summed E-state index contributed by atoms with van der Waals surface area (Å²) in [4.78, 5) is 53.7. The minimum atomic E-state index is -0.568. The maximum atomic E-state index is 13.4. The molecule has 3 aromatic carbocycles. The zero-order chi connectivity index (χ0) is 31.4. The van der Waals surface area contributed by atoms with Gasteiger partial charge in [0.1, 0.15) is 5.75 Å². The molecule has 2 N–H and O–H groups in total. The minimum Gasteiger partial charge on any atom is -0.482 e. The number of carbonyl (C=O) groups is 4. The molecule has 0 saturated carbocycles. The van der Waals surface area contributed by atoms with Crippen LogP contribution in [0.5, 0.6) is 5.75 Å². The number of benzene rings is 3. The topological polar surface area (TPSA) is 117 Å². The number of amides is 4. The van der Waals surface area contributed by atoms with Crippen molar-refractivity contribution in [2.75, 3.05) is 49.0 Å². The van der Waals surface area contributed by atoms with Crippen LogP contribution >= 0.6 is 0 Å². The third-order valence-electron chi connectivity index (χ3n) is 6.75. The number of urea groups is 1.